The maximum absolute atomic E-state index is 6.04. The van der Waals surface area contributed by atoms with Crippen LogP contribution in [0.5, 0.6) is 0 Å². The van der Waals surface area contributed by atoms with Gasteiger partial charge >= 0.3 is 0 Å². The Labute approximate surface area is 120 Å². The Balaban J connectivity index is 2.07. The van der Waals surface area contributed by atoms with E-state index in [0.717, 1.165) is 17.6 Å². The third-order valence-electron chi connectivity index (χ3n) is 5.04. The lowest BCUT2D eigenvalue weighted by molar-refractivity contribution is 0.184. The van der Waals surface area contributed by atoms with Crippen LogP contribution in [0.15, 0.2) is 6.33 Å². The standard InChI is InChI=1S/C16H24N4/c1-11-12(2)20(9-16(3)7-5-4-6-8-16)15-13(11)14(17)18-10-19-15/h10H,4-9H2,1-3H3,(H2,17,18,19). The lowest BCUT2D eigenvalue weighted by Crippen LogP contribution is -2.26. The lowest BCUT2D eigenvalue weighted by Gasteiger charge is -2.34. The highest BCUT2D eigenvalue weighted by Crippen LogP contribution is 2.39. The number of anilines is 1. The Kier molecular flexibility index (Phi) is 3.19. The van der Waals surface area contributed by atoms with Crippen LogP contribution in [0, 0.1) is 19.3 Å². The van der Waals surface area contributed by atoms with Gasteiger partial charge in [-0.25, -0.2) is 9.97 Å². The molecule has 0 atom stereocenters. The monoisotopic (exact) mass is 272 g/mol. The van der Waals surface area contributed by atoms with Crippen LogP contribution in [0.4, 0.5) is 5.82 Å². The summed E-state index contributed by atoms with van der Waals surface area (Å²) in [6.45, 7) is 7.75. The summed E-state index contributed by atoms with van der Waals surface area (Å²) >= 11 is 0. The van der Waals surface area contributed by atoms with E-state index in [-0.39, 0.29) is 0 Å². The van der Waals surface area contributed by atoms with Crippen molar-refractivity contribution in [1.29, 1.82) is 0 Å². The smallest absolute Gasteiger partial charge is 0.145 e. The largest absolute Gasteiger partial charge is 0.383 e. The van der Waals surface area contributed by atoms with E-state index < -0.39 is 0 Å². The molecule has 4 heteroatoms. The van der Waals surface area contributed by atoms with Crippen LogP contribution < -0.4 is 5.73 Å². The molecule has 2 aromatic heterocycles. The van der Waals surface area contributed by atoms with Gasteiger partial charge in [-0.2, -0.15) is 0 Å². The van der Waals surface area contributed by atoms with E-state index in [1.54, 1.807) is 6.33 Å². The molecular formula is C16H24N4. The van der Waals surface area contributed by atoms with Crippen LogP contribution in [0.2, 0.25) is 0 Å². The Morgan fingerprint density at radius 3 is 2.60 bits per heavy atom. The number of rotatable bonds is 2. The minimum absolute atomic E-state index is 0.390. The molecule has 0 unspecified atom stereocenters. The van der Waals surface area contributed by atoms with Crippen molar-refractivity contribution in [3.05, 3.63) is 17.6 Å². The second kappa shape index (κ2) is 4.76. The second-order valence-electron chi connectivity index (χ2n) is 6.63. The zero-order valence-electron chi connectivity index (χ0n) is 12.7. The van der Waals surface area contributed by atoms with Crippen molar-refractivity contribution >= 4 is 16.9 Å². The number of aromatic nitrogens is 3. The van der Waals surface area contributed by atoms with Crippen LogP contribution in [-0.2, 0) is 6.54 Å². The van der Waals surface area contributed by atoms with Gasteiger partial charge in [0.25, 0.3) is 0 Å². The number of nitrogens with zero attached hydrogens (tertiary/aromatic N) is 3. The average Bonchev–Trinajstić information content (AvgIpc) is 2.66. The summed E-state index contributed by atoms with van der Waals surface area (Å²) in [6, 6.07) is 0. The highest BCUT2D eigenvalue weighted by atomic mass is 15.1. The minimum atomic E-state index is 0.390. The van der Waals surface area contributed by atoms with E-state index in [0.29, 0.717) is 11.2 Å². The molecule has 0 radical (unpaired) electrons. The summed E-state index contributed by atoms with van der Waals surface area (Å²) < 4.78 is 2.36. The highest BCUT2D eigenvalue weighted by Gasteiger charge is 2.29. The molecule has 1 saturated carbocycles. The van der Waals surface area contributed by atoms with E-state index in [1.165, 1.54) is 43.4 Å². The van der Waals surface area contributed by atoms with Crippen LogP contribution in [0.25, 0.3) is 11.0 Å². The molecule has 0 saturated heterocycles. The van der Waals surface area contributed by atoms with Gasteiger partial charge in [0.2, 0.25) is 0 Å². The molecule has 0 spiro atoms. The van der Waals surface area contributed by atoms with E-state index in [1.807, 2.05) is 0 Å². The zero-order chi connectivity index (χ0) is 14.3. The maximum Gasteiger partial charge on any atom is 0.145 e. The SMILES string of the molecule is Cc1c(C)n(CC2(C)CCCCC2)c2ncnc(N)c12. The van der Waals surface area contributed by atoms with Crippen LogP contribution in [0.1, 0.15) is 50.3 Å². The van der Waals surface area contributed by atoms with Gasteiger partial charge in [-0.3, -0.25) is 0 Å². The third kappa shape index (κ3) is 2.07. The van der Waals surface area contributed by atoms with Gasteiger partial charge < -0.3 is 10.3 Å². The molecule has 0 aliphatic heterocycles. The van der Waals surface area contributed by atoms with E-state index in [4.69, 9.17) is 5.73 Å². The van der Waals surface area contributed by atoms with Crippen molar-refractivity contribution in [2.45, 2.75) is 59.4 Å². The fourth-order valence-corrected chi connectivity index (χ4v) is 3.63. The van der Waals surface area contributed by atoms with Crippen molar-refractivity contribution in [3.8, 4) is 0 Å². The molecule has 0 aromatic carbocycles. The normalized spacial score (nSPS) is 18.6. The topological polar surface area (TPSA) is 56.7 Å². The maximum atomic E-state index is 6.04. The van der Waals surface area contributed by atoms with Crippen molar-refractivity contribution in [2.24, 2.45) is 5.41 Å². The molecule has 2 aromatic rings. The van der Waals surface area contributed by atoms with Gasteiger partial charge in [0, 0.05) is 12.2 Å². The van der Waals surface area contributed by atoms with Gasteiger partial charge in [-0.15, -0.1) is 0 Å². The quantitative estimate of drug-likeness (QED) is 0.908. The molecule has 2 heterocycles. The summed E-state index contributed by atoms with van der Waals surface area (Å²) in [5, 5.41) is 1.03. The molecule has 4 nitrogen and oxygen atoms in total. The molecule has 0 bridgehead atoms. The van der Waals surface area contributed by atoms with Crippen LogP contribution in [-0.4, -0.2) is 14.5 Å². The van der Waals surface area contributed by atoms with Gasteiger partial charge in [0.1, 0.15) is 17.8 Å². The van der Waals surface area contributed by atoms with E-state index >= 15 is 0 Å². The third-order valence-corrected chi connectivity index (χ3v) is 5.04. The first kappa shape index (κ1) is 13.4. The first-order valence-electron chi connectivity index (χ1n) is 7.58. The number of nitrogens with two attached hydrogens (primary N) is 1. The molecule has 1 aliphatic carbocycles. The molecule has 108 valence electrons. The molecule has 1 fully saturated rings. The number of aryl methyl sites for hydroxylation is 1. The van der Waals surface area contributed by atoms with Gasteiger partial charge in [-0.05, 0) is 37.7 Å². The molecule has 0 amide bonds. The molecule has 3 rings (SSSR count). The molecule has 1 aliphatic rings. The highest BCUT2D eigenvalue weighted by molar-refractivity contribution is 5.90. The lowest BCUT2D eigenvalue weighted by atomic mass is 9.75. The van der Waals surface area contributed by atoms with Crippen molar-refractivity contribution in [1.82, 2.24) is 14.5 Å². The summed E-state index contributed by atoms with van der Waals surface area (Å²) in [5.74, 6) is 0.600. The predicted molar refractivity (Wildman–Crippen MR) is 82.6 cm³/mol. The fourth-order valence-electron chi connectivity index (χ4n) is 3.63. The van der Waals surface area contributed by atoms with Gasteiger partial charge in [-0.1, -0.05) is 26.2 Å². The van der Waals surface area contributed by atoms with Crippen LogP contribution >= 0.6 is 0 Å². The van der Waals surface area contributed by atoms with Gasteiger partial charge in [0.05, 0.1) is 5.39 Å². The first-order chi connectivity index (χ1) is 9.52. The molecular weight excluding hydrogens is 248 g/mol. The summed E-state index contributed by atoms with van der Waals surface area (Å²) in [7, 11) is 0. The van der Waals surface area contributed by atoms with Crippen molar-refractivity contribution in [3.63, 3.8) is 0 Å². The molecule has 2 N–H and O–H groups in total. The van der Waals surface area contributed by atoms with Crippen molar-refractivity contribution < 1.29 is 0 Å². The van der Waals surface area contributed by atoms with Crippen molar-refractivity contribution in [2.75, 3.05) is 5.73 Å². The summed E-state index contributed by atoms with van der Waals surface area (Å²) in [4.78, 5) is 8.63. The molecule has 20 heavy (non-hydrogen) atoms. The Hall–Kier alpha value is -1.58. The Bertz CT molecular complexity index is 635. The predicted octanol–water partition coefficient (Wildman–Crippen LogP) is 3.60. The second-order valence-corrected chi connectivity index (χ2v) is 6.63. The Morgan fingerprint density at radius 1 is 1.20 bits per heavy atom. The minimum Gasteiger partial charge on any atom is -0.383 e. The Morgan fingerprint density at radius 2 is 1.90 bits per heavy atom. The fraction of sp³-hybridized carbons (Fsp3) is 0.625. The average molecular weight is 272 g/mol. The zero-order valence-corrected chi connectivity index (χ0v) is 12.7. The number of hydrogen-bond donors (Lipinski definition) is 1. The van der Waals surface area contributed by atoms with E-state index in [9.17, 15) is 0 Å². The van der Waals surface area contributed by atoms with Gasteiger partial charge in [0.15, 0.2) is 0 Å². The van der Waals surface area contributed by atoms with Crippen LogP contribution in [0.3, 0.4) is 0 Å². The summed E-state index contributed by atoms with van der Waals surface area (Å²) in [6.07, 6.45) is 8.29. The number of hydrogen-bond acceptors (Lipinski definition) is 3. The first-order valence-corrected chi connectivity index (χ1v) is 7.58. The van der Waals surface area contributed by atoms with E-state index in [2.05, 4.69) is 35.3 Å². The number of fused-ring (bicyclic) bond motifs is 1. The number of nitrogen functional groups attached to an aromatic ring is 1. The summed E-state index contributed by atoms with van der Waals surface area (Å²) in [5.41, 5.74) is 9.93.